The molecule has 0 aliphatic carbocycles. The molecule has 106 valence electrons. The maximum absolute atomic E-state index is 6.03. The highest BCUT2D eigenvalue weighted by molar-refractivity contribution is 6.13. The number of rotatable bonds is 0. The van der Waals surface area contributed by atoms with E-state index in [0.717, 1.165) is 18.8 Å². The van der Waals surface area contributed by atoms with Gasteiger partial charge in [-0.1, -0.05) is 57.2 Å². The van der Waals surface area contributed by atoms with Gasteiger partial charge in [0.25, 0.3) is 0 Å². The summed E-state index contributed by atoms with van der Waals surface area (Å²) in [6, 6.07) is 15.5. The molecule has 0 spiro atoms. The molecule has 0 fully saturated rings. The van der Waals surface area contributed by atoms with E-state index in [1.165, 1.54) is 32.7 Å². The van der Waals surface area contributed by atoms with E-state index in [1.807, 2.05) is 0 Å². The Morgan fingerprint density at radius 3 is 2.57 bits per heavy atom. The van der Waals surface area contributed by atoms with Gasteiger partial charge in [0.2, 0.25) is 0 Å². The van der Waals surface area contributed by atoms with Gasteiger partial charge < -0.3 is 4.74 Å². The van der Waals surface area contributed by atoms with Crippen molar-refractivity contribution in [3.63, 3.8) is 0 Å². The fraction of sp³-hybridized carbons (Fsp3) is 0.300. The summed E-state index contributed by atoms with van der Waals surface area (Å²) < 4.78 is 6.03. The molecule has 0 N–H and O–H groups in total. The molecule has 1 heterocycles. The molecular formula is C20H20O. The van der Waals surface area contributed by atoms with Crippen molar-refractivity contribution in [1.82, 2.24) is 0 Å². The van der Waals surface area contributed by atoms with Crippen LogP contribution < -0.4 is 4.74 Å². The average molecular weight is 276 g/mol. The molecule has 0 saturated carbocycles. The molecule has 1 aliphatic rings. The lowest BCUT2D eigenvalue weighted by atomic mass is 9.82. The van der Waals surface area contributed by atoms with Crippen LogP contribution in [0.15, 0.2) is 42.5 Å². The van der Waals surface area contributed by atoms with Crippen molar-refractivity contribution in [3.8, 4) is 5.75 Å². The number of benzene rings is 3. The van der Waals surface area contributed by atoms with E-state index < -0.39 is 0 Å². The van der Waals surface area contributed by atoms with Gasteiger partial charge in [-0.2, -0.15) is 0 Å². The summed E-state index contributed by atoms with van der Waals surface area (Å²) in [4.78, 5) is 0. The van der Waals surface area contributed by atoms with Crippen LogP contribution >= 0.6 is 0 Å². The second-order valence-corrected chi connectivity index (χ2v) is 6.96. The molecule has 1 nitrogen and oxygen atoms in total. The van der Waals surface area contributed by atoms with Crippen molar-refractivity contribution in [2.24, 2.45) is 0 Å². The van der Waals surface area contributed by atoms with Gasteiger partial charge in [-0.05, 0) is 38.8 Å². The van der Waals surface area contributed by atoms with Gasteiger partial charge >= 0.3 is 0 Å². The summed E-state index contributed by atoms with van der Waals surface area (Å²) in [5.41, 5.74) is 2.93. The third kappa shape index (κ3) is 1.84. The Labute approximate surface area is 125 Å². The first-order chi connectivity index (χ1) is 10.1. The zero-order valence-corrected chi connectivity index (χ0v) is 12.9. The second kappa shape index (κ2) is 4.24. The minimum absolute atomic E-state index is 0.132. The average Bonchev–Trinajstić information content (AvgIpc) is 2.64. The zero-order chi connectivity index (χ0) is 14.6. The fourth-order valence-electron chi connectivity index (χ4n) is 3.52. The number of hydrogen-bond acceptors (Lipinski definition) is 1. The lowest BCUT2D eigenvalue weighted by Gasteiger charge is -2.23. The largest absolute Gasteiger partial charge is 0.493 e. The van der Waals surface area contributed by atoms with E-state index in [1.54, 1.807) is 0 Å². The third-order valence-electron chi connectivity index (χ3n) is 4.51. The highest BCUT2D eigenvalue weighted by Crippen LogP contribution is 2.41. The summed E-state index contributed by atoms with van der Waals surface area (Å²) in [5, 5.41) is 5.33. The minimum Gasteiger partial charge on any atom is -0.493 e. The second-order valence-electron chi connectivity index (χ2n) is 6.96. The van der Waals surface area contributed by atoms with Gasteiger partial charge in [-0.15, -0.1) is 0 Å². The summed E-state index contributed by atoms with van der Waals surface area (Å²) >= 11 is 0. The fourth-order valence-corrected chi connectivity index (χ4v) is 3.52. The molecule has 4 rings (SSSR count). The van der Waals surface area contributed by atoms with Crippen LogP contribution in [0.5, 0.6) is 5.75 Å². The lowest BCUT2D eigenvalue weighted by molar-refractivity contribution is 0.328. The standard InChI is InChI=1S/C20H20O/c1-20(2,3)16-9-10-17-19-15(16)8-7-13-5-4-6-14(18(13)19)11-12-21-17/h4-10H,11-12H2,1-3H3. The van der Waals surface area contributed by atoms with Gasteiger partial charge in [0, 0.05) is 11.8 Å². The molecule has 0 amide bonds. The maximum atomic E-state index is 6.03. The highest BCUT2D eigenvalue weighted by atomic mass is 16.5. The molecule has 21 heavy (non-hydrogen) atoms. The van der Waals surface area contributed by atoms with Crippen molar-refractivity contribution in [2.45, 2.75) is 32.6 Å². The summed E-state index contributed by atoms with van der Waals surface area (Å²) in [5.74, 6) is 1.04. The lowest BCUT2D eigenvalue weighted by Crippen LogP contribution is -2.11. The Hall–Kier alpha value is -2.02. The molecule has 0 atom stereocenters. The van der Waals surface area contributed by atoms with E-state index in [0.29, 0.717) is 0 Å². The van der Waals surface area contributed by atoms with E-state index >= 15 is 0 Å². The zero-order valence-electron chi connectivity index (χ0n) is 12.9. The van der Waals surface area contributed by atoms with Crippen LogP contribution in [0, 0.1) is 0 Å². The Kier molecular flexibility index (Phi) is 2.56. The van der Waals surface area contributed by atoms with Gasteiger partial charge in [0.15, 0.2) is 0 Å². The SMILES string of the molecule is CC(C)(C)c1ccc2c3c1ccc1cccc(c13)CCO2. The Morgan fingerprint density at radius 1 is 0.905 bits per heavy atom. The quantitative estimate of drug-likeness (QED) is 0.511. The molecule has 0 unspecified atom stereocenters. The number of hydrogen-bond donors (Lipinski definition) is 0. The van der Waals surface area contributed by atoms with Crippen molar-refractivity contribution in [1.29, 1.82) is 0 Å². The smallest absolute Gasteiger partial charge is 0.127 e. The molecule has 0 aromatic heterocycles. The molecule has 0 bridgehead atoms. The maximum Gasteiger partial charge on any atom is 0.127 e. The van der Waals surface area contributed by atoms with Crippen LogP contribution in [0.4, 0.5) is 0 Å². The van der Waals surface area contributed by atoms with Crippen LogP contribution in [0.1, 0.15) is 31.9 Å². The van der Waals surface area contributed by atoms with Crippen molar-refractivity contribution >= 4 is 21.5 Å². The first-order valence-electron chi connectivity index (χ1n) is 7.66. The molecule has 1 aliphatic heterocycles. The summed E-state index contributed by atoms with van der Waals surface area (Å²) in [7, 11) is 0. The predicted octanol–water partition coefficient (Wildman–Crippen LogP) is 5.23. The van der Waals surface area contributed by atoms with Crippen LogP contribution in [0.25, 0.3) is 21.5 Å². The normalized spacial score (nSPS) is 14.4. The highest BCUT2D eigenvalue weighted by Gasteiger charge is 2.21. The molecule has 0 saturated heterocycles. The number of ether oxygens (including phenoxy) is 1. The van der Waals surface area contributed by atoms with Crippen LogP contribution in [-0.2, 0) is 11.8 Å². The van der Waals surface area contributed by atoms with E-state index in [2.05, 4.69) is 63.2 Å². The van der Waals surface area contributed by atoms with Crippen molar-refractivity contribution in [2.75, 3.05) is 6.61 Å². The van der Waals surface area contributed by atoms with Crippen molar-refractivity contribution in [3.05, 3.63) is 53.6 Å². The van der Waals surface area contributed by atoms with Gasteiger partial charge in [0.05, 0.1) is 6.61 Å². The van der Waals surface area contributed by atoms with Gasteiger partial charge in [-0.25, -0.2) is 0 Å². The van der Waals surface area contributed by atoms with Crippen LogP contribution in [0.3, 0.4) is 0 Å². The van der Waals surface area contributed by atoms with E-state index in [-0.39, 0.29) is 5.41 Å². The molecule has 3 aromatic carbocycles. The topological polar surface area (TPSA) is 9.23 Å². The van der Waals surface area contributed by atoms with Crippen molar-refractivity contribution < 1.29 is 4.74 Å². The van der Waals surface area contributed by atoms with Gasteiger partial charge in [0.1, 0.15) is 5.75 Å². The molecular weight excluding hydrogens is 256 g/mol. The molecule has 0 radical (unpaired) electrons. The Balaban J connectivity index is 2.25. The Morgan fingerprint density at radius 2 is 1.76 bits per heavy atom. The molecule has 3 aromatic rings. The van der Waals surface area contributed by atoms with Gasteiger partial charge in [-0.3, -0.25) is 0 Å². The predicted molar refractivity (Wildman–Crippen MR) is 89.4 cm³/mol. The summed E-state index contributed by atoms with van der Waals surface area (Å²) in [6.07, 6.45) is 0.982. The van der Waals surface area contributed by atoms with Crippen LogP contribution in [-0.4, -0.2) is 6.61 Å². The monoisotopic (exact) mass is 276 g/mol. The van der Waals surface area contributed by atoms with Crippen LogP contribution in [0.2, 0.25) is 0 Å². The third-order valence-corrected chi connectivity index (χ3v) is 4.51. The van der Waals surface area contributed by atoms with E-state index in [9.17, 15) is 0 Å². The first kappa shape index (κ1) is 12.7. The minimum atomic E-state index is 0.132. The Bertz CT molecular complexity index is 853. The molecule has 1 heteroatoms. The van der Waals surface area contributed by atoms with E-state index in [4.69, 9.17) is 4.74 Å². The summed E-state index contributed by atoms with van der Waals surface area (Å²) in [6.45, 7) is 7.59. The first-order valence-corrected chi connectivity index (χ1v) is 7.66.